The van der Waals surface area contributed by atoms with Crippen LogP contribution in [0, 0.1) is 50.2 Å². The van der Waals surface area contributed by atoms with Gasteiger partial charge in [0.15, 0.2) is 12.4 Å². The minimum atomic E-state index is -1.80. The molecule has 54 heavy (non-hydrogen) atoms. The van der Waals surface area contributed by atoms with Gasteiger partial charge in [0.25, 0.3) is 0 Å². The number of esters is 1. The lowest BCUT2D eigenvalue weighted by Crippen LogP contribution is -2.72. The quantitative estimate of drug-likeness (QED) is 0.0861. The second kappa shape index (κ2) is 13.0. The number of carboxylic acids is 1. The molecule has 0 aromatic rings. The van der Waals surface area contributed by atoms with E-state index in [2.05, 4.69) is 40.7 Å². The number of hydrogen-bond donors (Lipinski definition) is 7. The second-order valence-corrected chi connectivity index (χ2v) is 19.5. The molecule has 2 heterocycles. The Morgan fingerprint density at radius 3 is 2.22 bits per heavy atom. The summed E-state index contributed by atoms with van der Waals surface area (Å²) in [6.45, 7) is 16.1. The highest BCUT2D eigenvalue weighted by Gasteiger charge is 2.79. The van der Waals surface area contributed by atoms with E-state index < -0.39 is 100 Å². The van der Waals surface area contributed by atoms with Gasteiger partial charge in [0.2, 0.25) is 0 Å². The van der Waals surface area contributed by atoms with Crippen LogP contribution in [0.5, 0.6) is 0 Å². The van der Waals surface area contributed by atoms with Crippen molar-refractivity contribution >= 4 is 11.9 Å². The Morgan fingerprint density at radius 1 is 0.907 bits per heavy atom. The van der Waals surface area contributed by atoms with Gasteiger partial charge >= 0.3 is 11.9 Å². The zero-order chi connectivity index (χ0) is 39.7. The Kier molecular flexibility index (Phi) is 9.72. The molecule has 2 aliphatic heterocycles. The summed E-state index contributed by atoms with van der Waals surface area (Å²) in [6.07, 6.45) is -4.47. The first kappa shape index (κ1) is 40.3. The third-order valence-electron chi connectivity index (χ3n) is 16.9. The molecule has 4 saturated carbocycles. The lowest BCUT2D eigenvalue weighted by molar-refractivity contribution is -0.325. The van der Waals surface area contributed by atoms with Gasteiger partial charge in [0.05, 0.1) is 42.5 Å². The molecule has 2 bridgehead atoms. The van der Waals surface area contributed by atoms with Crippen molar-refractivity contribution in [1.29, 1.82) is 0 Å². The van der Waals surface area contributed by atoms with Crippen molar-refractivity contribution in [2.45, 2.75) is 155 Å². The first-order chi connectivity index (χ1) is 25.1. The number of carbonyl (C=O) groups excluding carboxylic acids is 1. The van der Waals surface area contributed by atoms with Crippen LogP contribution in [0.25, 0.3) is 0 Å². The summed E-state index contributed by atoms with van der Waals surface area (Å²) >= 11 is 0. The first-order valence-electron chi connectivity index (χ1n) is 19.8. The first-order valence-corrected chi connectivity index (χ1v) is 19.8. The van der Waals surface area contributed by atoms with Gasteiger partial charge in [0, 0.05) is 16.4 Å². The van der Waals surface area contributed by atoms with Gasteiger partial charge in [-0.15, -0.1) is 0 Å². The molecule has 13 nitrogen and oxygen atoms in total. The largest absolute Gasteiger partial charge is 0.479 e. The van der Waals surface area contributed by atoms with E-state index in [1.54, 1.807) is 19.9 Å². The zero-order valence-electron chi connectivity index (χ0n) is 32.9. The van der Waals surface area contributed by atoms with Gasteiger partial charge in [-0.05, 0) is 86.4 Å². The van der Waals surface area contributed by atoms with Crippen molar-refractivity contribution < 1.29 is 64.3 Å². The molecule has 0 aromatic heterocycles. The SMILES string of the molecule is CC=C(C)C(=O)OCC12C3CC(C)(CO)C(OC1C(O)C1(C)C3=CCC3C4(C)CCC(OC5OC(C(=O)O)C(O)C(O)C5O)C(C)(C)C4CCC31C)C2O. The van der Waals surface area contributed by atoms with E-state index in [0.29, 0.717) is 18.4 Å². The van der Waals surface area contributed by atoms with Crippen LogP contribution < -0.4 is 0 Å². The molecule has 0 radical (unpaired) electrons. The summed E-state index contributed by atoms with van der Waals surface area (Å²) in [5.41, 5.74) is -2.28. The number of carboxylic acid groups (broad SMARTS) is 1. The highest BCUT2D eigenvalue weighted by molar-refractivity contribution is 5.87. The number of hydrogen-bond acceptors (Lipinski definition) is 12. The van der Waals surface area contributed by atoms with Crippen LogP contribution in [0.15, 0.2) is 23.3 Å². The number of aliphatic carboxylic acids is 1. The third-order valence-corrected chi connectivity index (χ3v) is 16.9. The maximum atomic E-state index is 13.0. The molecule has 13 heteroatoms. The molecule has 7 rings (SSSR count). The summed E-state index contributed by atoms with van der Waals surface area (Å²) < 4.78 is 24.6. The van der Waals surface area contributed by atoms with Crippen molar-refractivity contribution in [3.05, 3.63) is 23.3 Å². The van der Waals surface area contributed by atoms with E-state index in [-0.39, 0.29) is 36.4 Å². The van der Waals surface area contributed by atoms with Gasteiger partial charge in [0.1, 0.15) is 24.9 Å². The van der Waals surface area contributed by atoms with Crippen molar-refractivity contribution in [3.8, 4) is 0 Å². The fraction of sp³-hybridized carbons (Fsp3) is 0.854. The fourth-order valence-electron chi connectivity index (χ4n) is 13.5. The normalized spacial score (nSPS) is 53.4. The lowest BCUT2D eigenvalue weighted by Gasteiger charge is -2.72. The number of ether oxygens (including phenoxy) is 4. The van der Waals surface area contributed by atoms with Crippen LogP contribution in [-0.2, 0) is 28.5 Å². The monoisotopic (exact) mass is 762 g/mol. The molecule has 18 atom stereocenters. The average molecular weight is 763 g/mol. The molecule has 0 spiro atoms. The Labute approximate surface area is 317 Å². The zero-order valence-corrected chi connectivity index (χ0v) is 32.9. The maximum Gasteiger partial charge on any atom is 0.335 e. The molecule has 0 aromatic carbocycles. The number of fused-ring (bicyclic) bond motifs is 7. The third kappa shape index (κ3) is 5.08. The molecule has 5 aliphatic carbocycles. The molecular weight excluding hydrogens is 700 g/mol. The molecule has 0 amide bonds. The minimum Gasteiger partial charge on any atom is -0.479 e. The van der Waals surface area contributed by atoms with Crippen LogP contribution in [0.1, 0.15) is 93.9 Å². The summed E-state index contributed by atoms with van der Waals surface area (Å²) in [4.78, 5) is 24.8. The van der Waals surface area contributed by atoms with E-state index in [0.717, 1.165) is 31.3 Å². The van der Waals surface area contributed by atoms with Gasteiger partial charge in [-0.2, -0.15) is 0 Å². The van der Waals surface area contributed by atoms with Gasteiger partial charge in [-0.25, -0.2) is 9.59 Å². The van der Waals surface area contributed by atoms with Crippen LogP contribution >= 0.6 is 0 Å². The van der Waals surface area contributed by atoms with E-state index in [9.17, 15) is 45.3 Å². The number of aliphatic hydroxyl groups is 6. The maximum absolute atomic E-state index is 13.0. The van der Waals surface area contributed by atoms with Gasteiger partial charge < -0.3 is 54.7 Å². The standard InChI is InChI=1S/C41H62O13/c1-9-19(2)34(50)51-18-41-21-16-37(5,17-42)31(30(41)47)54-32(41)29(46)40(8)20(21)10-11-23-38(6)14-13-24(36(3,4)22(38)12-15-39(23,40)7)52-35-27(45)25(43)26(44)28(53-35)33(48)49/h9-10,21-32,35,42-47H,11-18H2,1-8H3,(H,48,49). The van der Waals surface area contributed by atoms with E-state index >= 15 is 0 Å². The van der Waals surface area contributed by atoms with Gasteiger partial charge in [-0.3, -0.25) is 0 Å². The number of rotatable bonds is 7. The molecule has 7 aliphatic rings. The Hall–Kier alpha value is -1.94. The Morgan fingerprint density at radius 2 is 1.59 bits per heavy atom. The topological polar surface area (TPSA) is 213 Å². The van der Waals surface area contributed by atoms with Crippen molar-refractivity contribution in [2.75, 3.05) is 13.2 Å². The van der Waals surface area contributed by atoms with E-state index in [1.807, 2.05) is 6.92 Å². The predicted octanol–water partition coefficient (Wildman–Crippen LogP) is 2.48. The molecule has 2 saturated heterocycles. The summed E-state index contributed by atoms with van der Waals surface area (Å²) in [6, 6.07) is 0. The summed E-state index contributed by atoms with van der Waals surface area (Å²) in [7, 11) is 0. The highest BCUT2D eigenvalue weighted by atomic mass is 16.7. The van der Waals surface area contributed by atoms with Crippen LogP contribution in [0.2, 0.25) is 0 Å². The smallest absolute Gasteiger partial charge is 0.335 e. The molecule has 304 valence electrons. The van der Waals surface area contributed by atoms with Crippen molar-refractivity contribution in [2.24, 2.45) is 50.2 Å². The van der Waals surface area contributed by atoms with Crippen LogP contribution in [0.3, 0.4) is 0 Å². The number of carbonyl (C=O) groups is 2. The second-order valence-electron chi connectivity index (χ2n) is 19.5. The van der Waals surface area contributed by atoms with E-state index in [1.165, 1.54) is 0 Å². The summed E-state index contributed by atoms with van der Waals surface area (Å²) in [5.74, 6) is -2.02. The Balaban J connectivity index is 1.23. The van der Waals surface area contributed by atoms with Crippen LogP contribution in [0.4, 0.5) is 0 Å². The molecule has 6 fully saturated rings. The summed E-state index contributed by atoms with van der Waals surface area (Å²) in [5, 5.41) is 76.8. The predicted molar refractivity (Wildman–Crippen MR) is 192 cm³/mol. The van der Waals surface area contributed by atoms with Crippen LogP contribution in [-0.4, -0.2) is 122 Å². The molecule has 18 unspecified atom stereocenters. The van der Waals surface area contributed by atoms with E-state index in [4.69, 9.17) is 18.9 Å². The van der Waals surface area contributed by atoms with Crippen molar-refractivity contribution in [1.82, 2.24) is 0 Å². The number of allylic oxidation sites excluding steroid dienone is 2. The number of aliphatic hydroxyl groups excluding tert-OH is 6. The van der Waals surface area contributed by atoms with Gasteiger partial charge in [-0.1, -0.05) is 59.3 Å². The molecule has 7 N–H and O–H groups in total. The van der Waals surface area contributed by atoms with Crippen molar-refractivity contribution in [3.63, 3.8) is 0 Å². The minimum absolute atomic E-state index is 0.117. The fourth-order valence-corrected chi connectivity index (χ4v) is 13.5. The highest BCUT2D eigenvalue weighted by Crippen LogP contribution is 2.77. The lowest BCUT2D eigenvalue weighted by atomic mass is 9.33. The Bertz CT molecular complexity index is 1590. The average Bonchev–Trinajstić information content (AvgIpc) is 3.38. The molecular formula is C41H62O13.